The monoisotopic (exact) mass is 273 g/mol. The first kappa shape index (κ1) is 13.1. The Morgan fingerprint density at radius 1 is 1.40 bits per heavy atom. The highest BCUT2D eigenvalue weighted by Crippen LogP contribution is 2.19. The predicted molar refractivity (Wildman–Crippen MR) is 76.2 cm³/mol. The third kappa shape index (κ3) is 2.82. The molecule has 2 heterocycles. The summed E-state index contributed by atoms with van der Waals surface area (Å²) in [5.41, 5.74) is 1.79. The fraction of sp³-hybridized carbons (Fsp3) is 0.467. The van der Waals surface area contributed by atoms with Crippen LogP contribution >= 0.6 is 0 Å². The number of hydrogen-bond acceptors (Lipinski definition) is 3. The highest BCUT2D eigenvalue weighted by atomic mass is 16.3. The van der Waals surface area contributed by atoms with Crippen molar-refractivity contribution in [3.05, 3.63) is 30.1 Å². The second kappa shape index (κ2) is 5.63. The number of nitrogens with zero attached hydrogens (tertiary/aromatic N) is 1. The molecule has 3 rings (SSSR count). The molecule has 3 N–H and O–H groups in total. The number of fused-ring (bicyclic) bond motifs is 1. The van der Waals surface area contributed by atoms with Crippen LogP contribution in [0.1, 0.15) is 31.2 Å². The lowest BCUT2D eigenvalue weighted by atomic mass is 9.93. The molecule has 20 heavy (non-hydrogen) atoms. The van der Waals surface area contributed by atoms with Gasteiger partial charge in [0.15, 0.2) is 0 Å². The molecule has 0 atom stereocenters. The summed E-state index contributed by atoms with van der Waals surface area (Å²) in [7, 11) is 0. The van der Waals surface area contributed by atoms with Gasteiger partial charge in [-0.05, 0) is 43.4 Å². The van der Waals surface area contributed by atoms with Gasteiger partial charge in [0.05, 0.1) is 12.5 Å². The molecule has 1 saturated carbocycles. The number of aromatic amines is 1. The second-order valence-corrected chi connectivity index (χ2v) is 5.46. The normalized spacial score (nSPS) is 22.9. The molecule has 0 unspecified atom stereocenters. The minimum atomic E-state index is -0.192. The zero-order valence-electron chi connectivity index (χ0n) is 11.3. The molecule has 0 aliphatic heterocycles. The minimum absolute atomic E-state index is 0.0381. The number of hydrogen-bond donors (Lipinski definition) is 3. The highest BCUT2D eigenvalue weighted by Gasteiger charge is 2.21. The van der Waals surface area contributed by atoms with E-state index in [0.29, 0.717) is 6.42 Å². The molecule has 2 aromatic heterocycles. The van der Waals surface area contributed by atoms with E-state index in [9.17, 15) is 9.90 Å². The molecule has 1 aliphatic rings. The summed E-state index contributed by atoms with van der Waals surface area (Å²) >= 11 is 0. The first-order valence-corrected chi connectivity index (χ1v) is 7.11. The number of carbonyl (C=O) groups excluding carboxylic acids is 1. The maximum Gasteiger partial charge on any atom is 0.224 e. The Bertz CT molecular complexity index is 600. The van der Waals surface area contributed by atoms with Crippen molar-refractivity contribution in [2.75, 3.05) is 0 Å². The summed E-state index contributed by atoms with van der Waals surface area (Å²) in [5, 5.41) is 13.5. The Kier molecular flexibility index (Phi) is 3.69. The van der Waals surface area contributed by atoms with Crippen molar-refractivity contribution in [2.24, 2.45) is 0 Å². The number of nitrogens with one attached hydrogen (secondary N) is 2. The van der Waals surface area contributed by atoms with Crippen molar-refractivity contribution in [1.82, 2.24) is 15.3 Å². The molecule has 106 valence electrons. The van der Waals surface area contributed by atoms with Crippen LogP contribution in [0.25, 0.3) is 11.0 Å². The molecule has 2 aromatic rings. The van der Waals surface area contributed by atoms with E-state index >= 15 is 0 Å². The van der Waals surface area contributed by atoms with Gasteiger partial charge in [0.2, 0.25) is 5.91 Å². The number of aliphatic hydroxyl groups excluding tert-OH is 1. The van der Waals surface area contributed by atoms with Crippen molar-refractivity contribution < 1.29 is 9.90 Å². The highest BCUT2D eigenvalue weighted by molar-refractivity contribution is 5.87. The van der Waals surface area contributed by atoms with Crippen LogP contribution < -0.4 is 5.32 Å². The summed E-state index contributed by atoms with van der Waals surface area (Å²) in [4.78, 5) is 19.4. The predicted octanol–water partition coefficient (Wildman–Crippen LogP) is 1.53. The number of rotatable bonds is 3. The summed E-state index contributed by atoms with van der Waals surface area (Å²) in [5.74, 6) is 0.0381. The van der Waals surface area contributed by atoms with Crippen molar-refractivity contribution in [3.63, 3.8) is 0 Å². The number of amides is 1. The Balaban J connectivity index is 1.61. The van der Waals surface area contributed by atoms with Gasteiger partial charge in [-0.15, -0.1) is 0 Å². The maximum atomic E-state index is 12.1. The lowest BCUT2D eigenvalue weighted by Crippen LogP contribution is -2.39. The Labute approximate surface area is 117 Å². The summed E-state index contributed by atoms with van der Waals surface area (Å²) < 4.78 is 0. The van der Waals surface area contributed by atoms with Crippen LogP contribution in [0.4, 0.5) is 0 Å². The molecule has 0 radical (unpaired) electrons. The summed E-state index contributed by atoms with van der Waals surface area (Å²) in [6, 6.07) is 4.05. The van der Waals surface area contributed by atoms with Crippen LogP contribution in [0, 0.1) is 0 Å². The van der Waals surface area contributed by atoms with Gasteiger partial charge >= 0.3 is 0 Å². The van der Waals surface area contributed by atoms with Crippen molar-refractivity contribution in [3.8, 4) is 0 Å². The first-order valence-electron chi connectivity index (χ1n) is 7.11. The quantitative estimate of drug-likeness (QED) is 0.793. The minimum Gasteiger partial charge on any atom is -0.393 e. The molecule has 1 amide bonds. The van der Waals surface area contributed by atoms with Crippen LogP contribution in [0.5, 0.6) is 0 Å². The average molecular weight is 273 g/mol. The molecular formula is C15H19N3O2. The maximum absolute atomic E-state index is 12.1. The molecule has 1 fully saturated rings. The summed E-state index contributed by atoms with van der Waals surface area (Å²) in [6.07, 6.45) is 7.04. The van der Waals surface area contributed by atoms with Gasteiger partial charge in [-0.2, -0.15) is 0 Å². The zero-order valence-corrected chi connectivity index (χ0v) is 11.3. The third-order valence-electron chi connectivity index (χ3n) is 3.95. The van der Waals surface area contributed by atoms with Gasteiger partial charge in [-0.25, -0.2) is 4.98 Å². The molecule has 5 heteroatoms. The molecule has 0 bridgehead atoms. The van der Waals surface area contributed by atoms with E-state index in [-0.39, 0.29) is 18.1 Å². The molecule has 0 spiro atoms. The van der Waals surface area contributed by atoms with Crippen molar-refractivity contribution in [1.29, 1.82) is 0 Å². The fourth-order valence-electron chi connectivity index (χ4n) is 2.83. The number of H-pyrrole nitrogens is 1. The number of aliphatic hydroxyl groups is 1. The summed E-state index contributed by atoms with van der Waals surface area (Å²) in [6.45, 7) is 0. The number of aromatic nitrogens is 2. The largest absolute Gasteiger partial charge is 0.393 e. The number of carbonyl (C=O) groups is 1. The van der Waals surface area contributed by atoms with E-state index in [2.05, 4.69) is 15.3 Å². The van der Waals surface area contributed by atoms with E-state index in [1.165, 1.54) is 0 Å². The van der Waals surface area contributed by atoms with Crippen LogP contribution in [0.15, 0.2) is 24.5 Å². The van der Waals surface area contributed by atoms with Gasteiger partial charge < -0.3 is 15.4 Å². The topological polar surface area (TPSA) is 78.0 Å². The van der Waals surface area contributed by atoms with Gasteiger partial charge in [0.25, 0.3) is 0 Å². The molecule has 5 nitrogen and oxygen atoms in total. The van der Waals surface area contributed by atoms with Crippen LogP contribution in [-0.2, 0) is 11.2 Å². The van der Waals surface area contributed by atoms with Gasteiger partial charge in [-0.1, -0.05) is 0 Å². The third-order valence-corrected chi connectivity index (χ3v) is 3.95. The SMILES string of the molecule is O=C(Cc1c[nH]c2ncccc12)NC1CCC(O)CC1. The smallest absolute Gasteiger partial charge is 0.224 e. The van der Waals surface area contributed by atoms with Gasteiger partial charge in [0.1, 0.15) is 5.65 Å². The van der Waals surface area contributed by atoms with E-state index in [4.69, 9.17) is 0 Å². The van der Waals surface area contributed by atoms with Crippen molar-refractivity contribution in [2.45, 2.75) is 44.2 Å². The second-order valence-electron chi connectivity index (χ2n) is 5.46. The fourth-order valence-corrected chi connectivity index (χ4v) is 2.83. The molecular weight excluding hydrogens is 254 g/mol. The molecule has 1 aliphatic carbocycles. The van der Waals surface area contributed by atoms with Gasteiger partial charge in [0, 0.05) is 23.8 Å². The zero-order chi connectivity index (χ0) is 13.9. The van der Waals surface area contributed by atoms with E-state index in [0.717, 1.165) is 42.3 Å². The van der Waals surface area contributed by atoms with Crippen LogP contribution in [-0.4, -0.2) is 33.1 Å². The Morgan fingerprint density at radius 3 is 3.00 bits per heavy atom. The lowest BCUT2D eigenvalue weighted by molar-refractivity contribution is -0.121. The van der Waals surface area contributed by atoms with Crippen LogP contribution in [0.3, 0.4) is 0 Å². The molecule has 0 aromatic carbocycles. The number of pyridine rings is 1. The van der Waals surface area contributed by atoms with E-state index < -0.39 is 0 Å². The lowest BCUT2D eigenvalue weighted by Gasteiger charge is -2.26. The standard InChI is InChI=1S/C15H19N3O2/c19-12-5-3-11(4-6-12)18-14(20)8-10-9-17-15-13(10)2-1-7-16-15/h1-2,7,9,11-12,19H,3-6,8H2,(H,16,17)(H,18,20). The Hall–Kier alpha value is -1.88. The van der Waals surface area contributed by atoms with E-state index in [1.54, 1.807) is 6.20 Å². The van der Waals surface area contributed by atoms with Crippen LogP contribution in [0.2, 0.25) is 0 Å². The molecule has 0 saturated heterocycles. The first-order chi connectivity index (χ1) is 9.72. The average Bonchev–Trinajstić information content (AvgIpc) is 2.85. The van der Waals surface area contributed by atoms with E-state index in [1.807, 2.05) is 18.3 Å². The van der Waals surface area contributed by atoms with Gasteiger partial charge in [-0.3, -0.25) is 4.79 Å². The van der Waals surface area contributed by atoms with Crippen molar-refractivity contribution >= 4 is 16.9 Å². The Morgan fingerprint density at radius 2 is 2.20 bits per heavy atom.